The third-order valence-corrected chi connectivity index (χ3v) is 3.22. The van der Waals surface area contributed by atoms with Crippen LogP contribution in [0.2, 0.25) is 5.15 Å². The fourth-order valence-corrected chi connectivity index (χ4v) is 2.25. The minimum absolute atomic E-state index is 0.200. The zero-order valence-electron chi connectivity index (χ0n) is 8.58. The van der Waals surface area contributed by atoms with Crippen molar-refractivity contribution in [3.63, 3.8) is 0 Å². The molecule has 1 saturated carbocycles. The largest absolute Gasteiger partial charge is 0.294 e. The molecule has 0 radical (unpaired) electrons. The van der Waals surface area contributed by atoms with Crippen molar-refractivity contribution >= 4 is 17.4 Å². The average molecular weight is 224 g/mol. The molecule has 0 amide bonds. The van der Waals surface area contributed by atoms with Crippen molar-refractivity contribution in [2.24, 2.45) is 5.92 Å². The third-order valence-electron chi connectivity index (χ3n) is 3.00. The number of rotatable bonds is 3. The molecule has 0 unspecified atom stereocenters. The van der Waals surface area contributed by atoms with Crippen molar-refractivity contribution in [1.82, 2.24) is 4.98 Å². The lowest BCUT2D eigenvalue weighted by atomic mass is 9.98. The van der Waals surface area contributed by atoms with Crippen molar-refractivity contribution in [3.8, 4) is 0 Å². The monoisotopic (exact) mass is 223 g/mol. The highest BCUT2D eigenvalue weighted by molar-refractivity contribution is 6.29. The highest BCUT2D eigenvalue weighted by Gasteiger charge is 2.19. The van der Waals surface area contributed by atoms with E-state index in [4.69, 9.17) is 11.6 Å². The van der Waals surface area contributed by atoms with Gasteiger partial charge >= 0.3 is 0 Å². The number of hydrogen-bond acceptors (Lipinski definition) is 2. The van der Waals surface area contributed by atoms with Crippen molar-refractivity contribution in [2.75, 3.05) is 0 Å². The minimum atomic E-state index is 0.200. The van der Waals surface area contributed by atoms with E-state index in [9.17, 15) is 4.79 Å². The van der Waals surface area contributed by atoms with Gasteiger partial charge in [-0.3, -0.25) is 4.79 Å². The molecule has 3 heteroatoms. The summed E-state index contributed by atoms with van der Waals surface area (Å²) in [5.41, 5.74) is 0.686. The van der Waals surface area contributed by atoms with Gasteiger partial charge in [0.1, 0.15) is 5.15 Å². The second kappa shape index (κ2) is 4.75. The molecule has 1 aliphatic rings. The maximum atomic E-state index is 11.8. The summed E-state index contributed by atoms with van der Waals surface area (Å²) in [6, 6.07) is 3.43. The standard InChI is InChI=1S/C12H14ClNO/c13-12-6-5-10(8-14-12)11(15)7-9-3-1-2-4-9/h5-6,8-9H,1-4,7H2. The van der Waals surface area contributed by atoms with Gasteiger partial charge in [0.05, 0.1) is 0 Å². The smallest absolute Gasteiger partial charge is 0.164 e. The Morgan fingerprint density at radius 2 is 2.13 bits per heavy atom. The number of carbonyl (C=O) groups is 1. The van der Waals surface area contributed by atoms with Gasteiger partial charge in [0.25, 0.3) is 0 Å². The van der Waals surface area contributed by atoms with Gasteiger partial charge in [-0.1, -0.05) is 37.3 Å². The van der Waals surface area contributed by atoms with Crippen LogP contribution in [-0.4, -0.2) is 10.8 Å². The van der Waals surface area contributed by atoms with Crippen LogP contribution < -0.4 is 0 Å². The first kappa shape index (κ1) is 10.6. The number of aromatic nitrogens is 1. The Morgan fingerprint density at radius 3 is 2.73 bits per heavy atom. The van der Waals surface area contributed by atoms with Gasteiger partial charge in [0.2, 0.25) is 0 Å². The van der Waals surface area contributed by atoms with E-state index in [1.807, 2.05) is 0 Å². The molecule has 1 aromatic rings. The van der Waals surface area contributed by atoms with Gasteiger partial charge in [0.15, 0.2) is 5.78 Å². The van der Waals surface area contributed by atoms with Crippen molar-refractivity contribution in [1.29, 1.82) is 0 Å². The Hall–Kier alpha value is -0.890. The number of hydrogen-bond donors (Lipinski definition) is 0. The Morgan fingerprint density at radius 1 is 1.40 bits per heavy atom. The maximum Gasteiger partial charge on any atom is 0.164 e. The summed E-state index contributed by atoms with van der Waals surface area (Å²) in [5.74, 6) is 0.791. The van der Waals surface area contributed by atoms with E-state index in [1.165, 1.54) is 25.7 Å². The topological polar surface area (TPSA) is 30.0 Å². The van der Waals surface area contributed by atoms with E-state index in [2.05, 4.69) is 4.98 Å². The maximum absolute atomic E-state index is 11.8. The molecule has 15 heavy (non-hydrogen) atoms. The van der Waals surface area contributed by atoms with Gasteiger partial charge in [0, 0.05) is 18.2 Å². The van der Waals surface area contributed by atoms with Crippen LogP contribution in [0.25, 0.3) is 0 Å². The zero-order valence-corrected chi connectivity index (χ0v) is 9.33. The van der Waals surface area contributed by atoms with Gasteiger partial charge in [-0.05, 0) is 18.1 Å². The summed E-state index contributed by atoms with van der Waals surface area (Å²) in [5, 5.41) is 0.437. The summed E-state index contributed by atoms with van der Waals surface area (Å²) in [4.78, 5) is 15.7. The van der Waals surface area contributed by atoms with E-state index >= 15 is 0 Å². The molecule has 0 atom stereocenters. The Kier molecular flexibility index (Phi) is 3.37. The van der Waals surface area contributed by atoms with E-state index < -0.39 is 0 Å². The van der Waals surface area contributed by atoms with Gasteiger partial charge in [-0.15, -0.1) is 0 Å². The zero-order chi connectivity index (χ0) is 10.7. The van der Waals surface area contributed by atoms with E-state index in [0.717, 1.165) is 0 Å². The highest BCUT2D eigenvalue weighted by atomic mass is 35.5. The van der Waals surface area contributed by atoms with Crippen LogP contribution in [0, 0.1) is 5.92 Å². The molecule has 1 fully saturated rings. The number of pyridine rings is 1. The van der Waals surface area contributed by atoms with Crippen LogP contribution in [0.1, 0.15) is 42.5 Å². The quantitative estimate of drug-likeness (QED) is 0.580. The van der Waals surface area contributed by atoms with Crippen LogP contribution in [0.4, 0.5) is 0 Å². The van der Waals surface area contributed by atoms with Gasteiger partial charge in [-0.2, -0.15) is 0 Å². The summed E-state index contributed by atoms with van der Waals surface area (Å²) in [6.07, 6.45) is 7.19. The molecular weight excluding hydrogens is 210 g/mol. The molecule has 0 bridgehead atoms. The average Bonchev–Trinajstić information content (AvgIpc) is 2.71. The van der Waals surface area contributed by atoms with Crippen molar-refractivity contribution in [3.05, 3.63) is 29.0 Å². The number of carbonyl (C=O) groups excluding carboxylic acids is 1. The Bertz CT molecular complexity index is 341. The molecule has 1 aliphatic carbocycles. The Labute approximate surface area is 94.7 Å². The molecule has 0 aliphatic heterocycles. The van der Waals surface area contributed by atoms with Gasteiger partial charge in [-0.25, -0.2) is 4.98 Å². The first-order valence-electron chi connectivity index (χ1n) is 5.40. The molecule has 0 N–H and O–H groups in total. The predicted molar refractivity (Wildman–Crippen MR) is 60.2 cm³/mol. The van der Waals surface area contributed by atoms with Crippen LogP contribution >= 0.6 is 11.6 Å². The molecule has 2 rings (SSSR count). The third kappa shape index (κ3) is 2.78. The molecule has 1 aromatic heterocycles. The normalized spacial score (nSPS) is 16.9. The van der Waals surface area contributed by atoms with Crippen molar-refractivity contribution < 1.29 is 4.79 Å². The van der Waals surface area contributed by atoms with Gasteiger partial charge < -0.3 is 0 Å². The van der Waals surface area contributed by atoms with E-state index in [-0.39, 0.29) is 5.78 Å². The lowest BCUT2D eigenvalue weighted by Crippen LogP contribution is -2.06. The second-order valence-corrected chi connectivity index (χ2v) is 4.53. The predicted octanol–water partition coefficient (Wildman–Crippen LogP) is 3.50. The highest BCUT2D eigenvalue weighted by Crippen LogP contribution is 2.28. The minimum Gasteiger partial charge on any atom is -0.294 e. The number of nitrogens with zero attached hydrogens (tertiary/aromatic N) is 1. The Balaban J connectivity index is 1.98. The molecule has 0 aromatic carbocycles. The fraction of sp³-hybridized carbons (Fsp3) is 0.500. The molecular formula is C12H14ClNO. The second-order valence-electron chi connectivity index (χ2n) is 4.15. The fourth-order valence-electron chi connectivity index (χ4n) is 2.14. The number of halogens is 1. The molecule has 80 valence electrons. The van der Waals surface area contributed by atoms with Crippen molar-refractivity contribution in [2.45, 2.75) is 32.1 Å². The summed E-state index contributed by atoms with van der Waals surface area (Å²) in [6.45, 7) is 0. The lowest BCUT2D eigenvalue weighted by molar-refractivity contribution is 0.0962. The molecule has 0 saturated heterocycles. The summed E-state index contributed by atoms with van der Waals surface area (Å²) < 4.78 is 0. The molecule has 2 nitrogen and oxygen atoms in total. The first-order valence-corrected chi connectivity index (χ1v) is 5.78. The summed E-state index contributed by atoms with van der Waals surface area (Å²) in [7, 11) is 0. The lowest BCUT2D eigenvalue weighted by Gasteiger charge is -2.07. The SMILES string of the molecule is O=C(CC1CCCC1)c1ccc(Cl)nc1. The number of ketones is 1. The first-order chi connectivity index (χ1) is 7.25. The summed E-state index contributed by atoms with van der Waals surface area (Å²) >= 11 is 5.66. The number of Topliss-reactive ketones (excluding diaryl/α,β-unsaturated/α-hetero) is 1. The van der Waals surface area contributed by atoms with Crippen LogP contribution in [-0.2, 0) is 0 Å². The van der Waals surface area contributed by atoms with Crippen LogP contribution in [0.15, 0.2) is 18.3 Å². The molecule has 1 heterocycles. The van der Waals surface area contributed by atoms with E-state index in [0.29, 0.717) is 23.1 Å². The van der Waals surface area contributed by atoms with Crippen LogP contribution in [0.5, 0.6) is 0 Å². The van der Waals surface area contributed by atoms with E-state index in [1.54, 1.807) is 18.3 Å². The van der Waals surface area contributed by atoms with Crippen LogP contribution in [0.3, 0.4) is 0 Å². The molecule has 0 spiro atoms.